The molecule has 0 bridgehead atoms. The molecule has 20 heavy (non-hydrogen) atoms. The number of carbonyl (C=O) groups is 2. The van der Waals surface area contributed by atoms with Crippen molar-refractivity contribution in [3.63, 3.8) is 0 Å². The quantitative estimate of drug-likeness (QED) is 0.839. The van der Waals surface area contributed by atoms with E-state index < -0.39 is 12.0 Å². The van der Waals surface area contributed by atoms with Crippen LogP contribution in [0.3, 0.4) is 0 Å². The summed E-state index contributed by atoms with van der Waals surface area (Å²) >= 11 is 0. The van der Waals surface area contributed by atoms with E-state index in [1.807, 2.05) is 20.8 Å². The lowest BCUT2D eigenvalue weighted by atomic mass is 9.87. The van der Waals surface area contributed by atoms with Gasteiger partial charge in [-0.2, -0.15) is 0 Å². The number of amides is 1. The largest absolute Gasteiger partial charge is 0.465 e. The van der Waals surface area contributed by atoms with Gasteiger partial charge in [-0.05, 0) is 23.6 Å². The Morgan fingerprint density at radius 3 is 2.40 bits per heavy atom. The fourth-order valence-electron chi connectivity index (χ4n) is 1.46. The molecule has 3 N–H and O–H groups in total. The van der Waals surface area contributed by atoms with Gasteiger partial charge in [0.25, 0.3) is 0 Å². The highest BCUT2D eigenvalue weighted by Crippen LogP contribution is 2.19. The Morgan fingerprint density at radius 2 is 1.90 bits per heavy atom. The summed E-state index contributed by atoms with van der Waals surface area (Å²) in [7, 11) is 1.31. The molecule has 0 aromatic heterocycles. The average molecular weight is 301 g/mol. The Morgan fingerprint density at radius 1 is 1.30 bits per heavy atom. The molecule has 1 rings (SSSR count). The lowest BCUT2D eigenvalue weighted by molar-refractivity contribution is -0.119. The third-order valence-electron chi connectivity index (χ3n) is 2.77. The highest BCUT2D eigenvalue weighted by atomic mass is 35.5. The first-order valence-corrected chi connectivity index (χ1v) is 6.00. The van der Waals surface area contributed by atoms with Crippen LogP contribution in [0.4, 0.5) is 5.69 Å². The molecule has 1 atom stereocenters. The molecular weight excluding hydrogens is 280 g/mol. The number of hydrogen-bond donors (Lipinski definition) is 2. The van der Waals surface area contributed by atoms with Gasteiger partial charge in [-0.1, -0.05) is 26.8 Å². The number of anilines is 1. The van der Waals surface area contributed by atoms with Gasteiger partial charge in [0, 0.05) is 5.69 Å². The van der Waals surface area contributed by atoms with Crippen molar-refractivity contribution < 1.29 is 14.3 Å². The standard InChI is InChI=1S/C14H20N2O3.ClH/c1-14(2,3)11(15)12(17)16-10-7-5-6-9(8-10)13(18)19-4;/h5-8,11H,15H2,1-4H3,(H,16,17);1H/t11-;/m1./s1. The van der Waals surface area contributed by atoms with E-state index in [9.17, 15) is 9.59 Å². The van der Waals surface area contributed by atoms with Gasteiger partial charge in [0.2, 0.25) is 5.91 Å². The maximum absolute atomic E-state index is 12.0. The predicted octanol–water partition coefficient (Wildman–Crippen LogP) is 2.21. The third kappa shape index (κ3) is 4.83. The minimum absolute atomic E-state index is 0. The highest BCUT2D eigenvalue weighted by molar-refractivity contribution is 5.97. The number of nitrogens with two attached hydrogens (primary N) is 1. The van der Waals surface area contributed by atoms with Gasteiger partial charge >= 0.3 is 5.97 Å². The van der Waals surface area contributed by atoms with Crippen LogP contribution in [0.15, 0.2) is 24.3 Å². The van der Waals surface area contributed by atoms with Crippen LogP contribution in [0.25, 0.3) is 0 Å². The van der Waals surface area contributed by atoms with Crippen molar-refractivity contribution in [2.45, 2.75) is 26.8 Å². The van der Waals surface area contributed by atoms with Gasteiger partial charge in [-0.15, -0.1) is 12.4 Å². The van der Waals surface area contributed by atoms with Crippen molar-refractivity contribution >= 4 is 30.0 Å². The molecule has 112 valence electrons. The molecule has 1 aromatic rings. The normalized spacial score (nSPS) is 12.1. The van der Waals surface area contributed by atoms with Crippen LogP contribution < -0.4 is 11.1 Å². The Kier molecular flexibility index (Phi) is 6.68. The van der Waals surface area contributed by atoms with Crippen molar-refractivity contribution in [1.82, 2.24) is 0 Å². The molecule has 0 fully saturated rings. The summed E-state index contributed by atoms with van der Waals surface area (Å²) in [5.74, 6) is -0.731. The molecular formula is C14H21ClN2O3. The molecule has 0 heterocycles. The summed E-state index contributed by atoms with van der Waals surface area (Å²) in [5.41, 5.74) is 6.43. The smallest absolute Gasteiger partial charge is 0.337 e. The number of hydrogen-bond acceptors (Lipinski definition) is 4. The van der Waals surface area contributed by atoms with Gasteiger partial charge in [0.1, 0.15) is 0 Å². The Labute approximate surface area is 125 Å². The number of ether oxygens (including phenoxy) is 1. The minimum Gasteiger partial charge on any atom is -0.465 e. The van der Waals surface area contributed by atoms with E-state index in [-0.39, 0.29) is 23.7 Å². The average Bonchev–Trinajstić information content (AvgIpc) is 2.36. The third-order valence-corrected chi connectivity index (χ3v) is 2.77. The Hall–Kier alpha value is -1.59. The number of esters is 1. The van der Waals surface area contributed by atoms with Crippen LogP contribution in [0.2, 0.25) is 0 Å². The fraction of sp³-hybridized carbons (Fsp3) is 0.429. The maximum Gasteiger partial charge on any atom is 0.337 e. The lowest BCUT2D eigenvalue weighted by Gasteiger charge is -2.25. The van der Waals surface area contributed by atoms with Crippen LogP contribution in [-0.2, 0) is 9.53 Å². The molecule has 0 unspecified atom stereocenters. The number of carbonyl (C=O) groups excluding carboxylic acids is 2. The summed E-state index contributed by atoms with van der Waals surface area (Å²) in [6.07, 6.45) is 0. The predicted molar refractivity (Wildman–Crippen MR) is 81.1 cm³/mol. The van der Waals surface area contributed by atoms with E-state index in [1.165, 1.54) is 7.11 Å². The van der Waals surface area contributed by atoms with Gasteiger partial charge in [0.05, 0.1) is 18.7 Å². The van der Waals surface area contributed by atoms with Crippen LogP contribution in [0.1, 0.15) is 31.1 Å². The van der Waals surface area contributed by atoms with Gasteiger partial charge in [0.15, 0.2) is 0 Å². The van der Waals surface area contributed by atoms with Crippen LogP contribution in [-0.4, -0.2) is 25.0 Å². The molecule has 0 saturated carbocycles. The number of nitrogens with one attached hydrogen (secondary N) is 1. The zero-order chi connectivity index (χ0) is 14.6. The molecule has 5 nitrogen and oxygen atoms in total. The molecule has 0 saturated heterocycles. The second-order valence-corrected chi connectivity index (χ2v) is 5.41. The first kappa shape index (κ1) is 18.4. The van der Waals surface area contributed by atoms with Crippen molar-refractivity contribution in [2.24, 2.45) is 11.1 Å². The second-order valence-electron chi connectivity index (χ2n) is 5.41. The van der Waals surface area contributed by atoms with Crippen molar-refractivity contribution in [3.05, 3.63) is 29.8 Å². The maximum atomic E-state index is 12.0. The van der Waals surface area contributed by atoms with E-state index in [0.717, 1.165) is 0 Å². The summed E-state index contributed by atoms with van der Waals surface area (Å²) in [6, 6.07) is 5.91. The van der Waals surface area contributed by atoms with Gasteiger partial charge in [-0.3, -0.25) is 4.79 Å². The number of rotatable bonds is 3. The van der Waals surface area contributed by atoms with Crippen molar-refractivity contribution in [1.29, 1.82) is 0 Å². The van der Waals surface area contributed by atoms with Crippen molar-refractivity contribution in [3.8, 4) is 0 Å². The van der Waals surface area contributed by atoms with E-state index in [4.69, 9.17) is 5.73 Å². The zero-order valence-corrected chi connectivity index (χ0v) is 12.9. The lowest BCUT2D eigenvalue weighted by Crippen LogP contribution is -2.45. The van der Waals surface area contributed by atoms with E-state index in [0.29, 0.717) is 11.3 Å². The number of halogens is 1. The first-order valence-electron chi connectivity index (χ1n) is 6.00. The highest BCUT2D eigenvalue weighted by Gasteiger charge is 2.27. The monoisotopic (exact) mass is 300 g/mol. The molecule has 0 spiro atoms. The minimum atomic E-state index is -0.630. The number of benzene rings is 1. The topological polar surface area (TPSA) is 81.4 Å². The van der Waals surface area contributed by atoms with Crippen molar-refractivity contribution in [2.75, 3.05) is 12.4 Å². The second kappa shape index (κ2) is 7.26. The number of methoxy groups -OCH3 is 1. The SMILES string of the molecule is COC(=O)c1cccc(NC(=O)[C@@H](N)C(C)(C)C)c1.Cl. The zero-order valence-electron chi connectivity index (χ0n) is 12.1. The van der Waals surface area contributed by atoms with E-state index >= 15 is 0 Å². The van der Waals surface area contributed by atoms with Gasteiger partial charge < -0.3 is 15.8 Å². The summed E-state index contributed by atoms with van der Waals surface area (Å²) in [6.45, 7) is 5.67. The molecule has 0 aliphatic heterocycles. The van der Waals surface area contributed by atoms with Gasteiger partial charge in [-0.25, -0.2) is 4.79 Å². The molecule has 0 radical (unpaired) electrons. The molecule has 0 aliphatic carbocycles. The molecule has 1 aromatic carbocycles. The van der Waals surface area contributed by atoms with Crippen LogP contribution >= 0.6 is 12.4 Å². The summed E-state index contributed by atoms with van der Waals surface area (Å²) < 4.78 is 4.62. The Balaban J connectivity index is 0.00000361. The van der Waals surface area contributed by atoms with E-state index in [2.05, 4.69) is 10.1 Å². The Bertz CT molecular complexity index is 484. The van der Waals surface area contributed by atoms with Crippen LogP contribution in [0.5, 0.6) is 0 Å². The van der Waals surface area contributed by atoms with E-state index in [1.54, 1.807) is 24.3 Å². The molecule has 1 amide bonds. The molecule has 6 heteroatoms. The summed E-state index contributed by atoms with van der Waals surface area (Å²) in [4.78, 5) is 23.3. The fourth-order valence-corrected chi connectivity index (χ4v) is 1.46. The van der Waals surface area contributed by atoms with Crippen LogP contribution in [0, 0.1) is 5.41 Å². The first-order chi connectivity index (χ1) is 8.75. The molecule has 0 aliphatic rings. The summed E-state index contributed by atoms with van der Waals surface area (Å²) in [5, 5.41) is 2.70.